The maximum Gasteiger partial charge on any atom is 0.332 e. The number of allylic oxidation sites excluding steroid dienone is 2. The zero-order valence-electron chi connectivity index (χ0n) is 16.7. The van der Waals surface area contributed by atoms with Gasteiger partial charge >= 0.3 is 11.7 Å². The van der Waals surface area contributed by atoms with Crippen LogP contribution in [0.15, 0.2) is 21.2 Å². The third-order valence-electron chi connectivity index (χ3n) is 4.87. The smallest absolute Gasteiger partial charge is 0.332 e. The first kappa shape index (κ1) is 20.3. The number of thiophene rings is 1. The summed E-state index contributed by atoms with van der Waals surface area (Å²) in [6.45, 7) is 8.42. The maximum atomic E-state index is 13.1. The van der Waals surface area contributed by atoms with Crippen molar-refractivity contribution in [1.82, 2.24) is 19.4 Å². The largest absolute Gasteiger partial charge is 0.383 e. The molecule has 0 bridgehead atoms. The summed E-state index contributed by atoms with van der Waals surface area (Å²) in [5.74, 6) is 0. The van der Waals surface area contributed by atoms with Crippen LogP contribution < -0.4 is 16.6 Å². The number of rotatable bonds is 7. The molecular formula is C19H26N4O4S. The topological polar surface area (TPSA) is 85.6 Å². The first-order chi connectivity index (χ1) is 13.3. The van der Waals surface area contributed by atoms with Gasteiger partial charge in [-0.25, -0.2) is 9.59 Å². The van der Waals surface area contributed by atoms with Crippen LogP contribution in [0.4, 0.5) is 4.79 Å². The van der Waals surface area contributed by atoms with Crippen molar-refractivity contribution < 1.29 is 9.53 Å². The number of carbonyl (C=O) groups excluding carboxylic acids is 1. The maximum absolute atomic E-state index is 13.1. The molecule has 2 amide bonds. The van der Waals surface area contributed by atoms with Crippen LogP contribution in [0.1, 0.15) is 24.3 Å². The van der Waals surface area contributed by atoms with E-state index in [1.807, 2.05) is 26.8 Å². The number of carbonyl (C=O) groups is 1. The number of fused-ring (bicyclic) bond motifs is 1. The molecule has 3 rings (SSSR count). The Morgan fingerprint density at radius 3 is 2.61 bits per heavy atom. The Kier molecular flexibility index (Phi) is 6.04. The van der Waals surface area contributed by atoms with Crippen LogP contribution in [0, 0.1) is 6.92 Å². The Morgan fingerprint density at radius 2 is 2.00 bits per heavy atom. The average Bonchev–Trinajstić information content (AvgIpc) is 3.19. The Labute approximate surface area is 167 Å². The van der Waals surface area contributed by atoms with Crippen molar-refractivity contribution >= 4 is 27.6 Å². The molecule has 1 aliphatic rings. The first-order valence-corrected chi connectivity index (χ1v) is 10.1. The van der Waals surface area contributed by atoms with Crippen molar-refractivity contribution in [2.24, 2.45) is 0 Å². The van der Waals surface area contributed by atoms with Gasteiger partial charge in [0, 0.05) is 31.6 Å². The third-order valence-corrected chi connectivity index (χ3v) is 6.17. The minimum absolute atomic E-state index is 0.102. The van der Waals surface area contributed by atoms with Crippen molar-refractivity contribution in [3.8, 4) is 0 Å². The quantitative estimate of drug-likeness (QED) is 0.709. The van der Waals surface area contributed by atoms with Crippen molar-refractivity contribution in [2.75, 3.05) is 26.8 Å². The summed E-state index contributed by atoms with van der Waals surface area (Å²) in [6.07, 6.45) is 1.87. The minimum atomic E-state index is -0.334. The van der Waals surface area contributed by atoms with Gasteiger partial charge < -0.3 is 15.0 Å². The van der Waals surface area contributed by atoms with Crippen LogP contribution in [0.3, 0.4) is 0 Å². The highest BCUT2D eigenvalue weighted by Crippen LogP contribution is 2.29. The lowest BCUT2D eigenvalue weighted by Gasteiger charge is -2.12. The number of ether oxygens (including phenoxy) is 1. The highest BCUT2D eigenvalue weighted by Gasteiger charge is 2.24. The summed E-state index contributed by atoms with van der Waals surface area (Å²) >= 11 is 1.41. The Morgan fingerprint density at radius 1 is 1.25 bits per heavy atom. The molecule has 28 heavy (non-hydrogen) atoms. The Hall–Kier alpha value is -2.39. The number of hydrogen-bond donors (Lipinski definition) is 1. The summed E-state index contributed by atoms with van der Waals surface area (Å²) < 4.78 is 8.05. The minimum Gasteiger partial charge on any atom is -0.383 e. The van der Waals surface area contributed by atoms with Gasteiger partial charge in [-0.3, -0.25) is 13.9 Å². The second-order valence-electron chi connectivity index (χ2n) is 7.11. The zero-order valence-corrected chi connectivity index (χ0v) is 17.5. The molecule has 1 N–H and O–H groups in total. The van der Waals surface area contributed by atoms with E-state index in [1.54, 1.807) is 16.6 Å². The number of amides is 2. The summed E-state index contributed by atoms with van der Waals surface area (Å²) in [5, 5.41) is 3.34. The van der Waals surface area contributed by atoms with Gasteiger partial charge in [0.25, 0.3) is 5.56 Å². The van der Waals surface area contributed by atoms with Crippen LogP contribution in [0.25, 0.3) is 10.2 Å². The fourth-order valence-electron chi connectivity index (χ4n) is 3.24. The van der Waals surface area contributed by atoms with Crippen LogP contribution in [-0.4, -0.2) is 46.9 Å². The molecule has 0 unspecified atom stereocenters. The number of methoxy groups -OCH3 is 1. The normalized spacial score (nSPS) is 14.0. The summed E-state index contributed by atoms with van der Waals surface area (Å²) in [6, 6.07) is -0.102. The number of nitrogens with zero attached hydrogens (tertiary/aromatic N) is 3. The Balaban J connectivity index is 2.17. The van der Waals surface area contributed by atoms with Gasteiger partial charge in [0.2, 0.25) is 0 Å². The second kappa shape index (κ2) is 8.32. The van der Waals surface area contributed by atoms with E-state index >= 15 is 0 Å². The van der Waals surface area contributed by atoms with Crippen LogP contribution in [0.5, 0.6) is 0 Å². The summed E-state index contributed by atoms with van der Waals surface area (Å²) in [4.78, 5) is 41.3. The van der Waals surface area contributed by atoms with Crippen molar-refractivity contribution in [2.45, 2.75) is 40.4 Å². The monoisotopic (exact) mass is 406 g/mol. The molecule has 0 spiro atoms. The van der Waals surface area contributed by atoms with E-state index < -0.39 is 0 Å². The van der Waals surface area contributed by atoms with Gasteiger partial charge in [-0.1, -0.05) is 11.6 Å². The van der Waals surface area contributed by atoms with E-state index in [-0.39, 0.29) is 23.8 Å². The lowest BCUT2D eigenvalue weighted by Crippen LogP contribution is -2.40. The van der Waals surface area contributed by atoms with Gasteiger partial charge in [0.05, 0.1) is 25.1 Å². The van der Waals surface area contributed by atoms with Crippen LogP contribution in [0.2, 0.25) is 0 Å². The predicted octanol–water partition coefficient (Wildman–Crippen LogP) is 1.67. The summed E-state index contributed by atoms with van der Waals surface area (Å²) in [5.41, 5.74) is 1.26. The molecule has 9 heteroatoms. The number of aryl methyl sites for hydroxylation is 1. The molecule has 0 aliphatic carbocycles. The fraction of sp³-hybridized carbons (Fsp3) is 0.526. The molecule has 1 saturated heterocycles. The van der Waals surface area contributed by atoms with Gasteiger partial charge in [-0.2, -0.15) is 0 Å². The SMILES string of the molecule is COCCn1c(=O)n(CC=C(C)C)c(=O)c2c(C)c(CN3CCNC3=O)sc21. The molecule has 3 heterocycles. The standard InChI is InChI=1S/C19H26N4O4S/c1-12(2)5-7-22-16(24)15-13(3)14(11-21-8-6-20-18(21)25)28-17(15)23(19(22)26)9-10-27-4/h5H,6-11H2,1-4H3,(H,20,25). The van der Waals surface area contributed by atoms with Crippen molar-refractivity contribution in [3.63, 3.8) is 0 Å². The number of nitrogens with one attached hydrogen (secondary N) is 1. The zero-order chi connectivity index (χ0) is 20.4. The van der Waals surface area contributed by atoms with Crippen molar-refractivity contribution in [1.29, 1.82) is 0 Å². The lowest BCUT2D eigenvalue weighted by atomic mass is 10.2. The van der Waals surface area contributed by atoms with E-state index in [1.165, 1.54) is 15.9 Å². The molecule has 8 nitrogen and oxygen atoms in total. The van der Waals surface area contributed by atoms with E-state index in [0.29, 0.717) is 43.0 Å². The fourth-order valence-corrected chi connectivity index (χ4v) is 4.57. The highest BCUT2D eigenvalue weighted by molar-refractivity contribution is 7.18. The summed E-state index contributed by atoms with van der Waals surface area (Å²) in [7, 11) is 1.58. The molecule has 0 saturated carbocycles. The lowest BCUT2D eigenvalue weighted by molar-refractivity contribution is 0.186. The molecule has 152 valence electrons. The first-order valence-electron chi connectivity index (χ1n) is 9.25. The van der Waals surface area contributed by atoms with E-state index in [9.17, 15) is 14.4 Å². The Bertz CT molecular complexity index is 1040. The molecule has 2 aromatic heterocycles. The highest BCUT2D eigenvalue weighted by atomic mass is 32.1. The molecule has 0 aromatic carbocycles. The number of urea groups is 1. The van der Waals surface area contributed by atoms with Crippen molar-refractivity contribution in [3.05, 3.63) is 42.9 Å². The average molecular weight is 407 g/mol. The molecule has 0 atom stereocenters. The van der Waals surface area contributed by atoms with E-state index in [4.69, 9.17) is 4.74 Å². The van der Waals surface area contributed by atoms with Crippen LogP contribution in [-0.2, 0) is 24.4 Å². The van der Waals surface area contributed by atoms with E-state index in [2.05, 4.69) is 5.32 Å². The van der Waals surface area contributed by atoms with Gasteiger partial charge in [-0.05, 0) is 26.3 Å². The molecule has 1 aliphatic heterocycles. The molecule has 1 fully saturated rings. The molecule has 0 radical (unpaired) electrons. The van der Waals surface area contributed by atoms with Crippen LogP contribution >= 0.6 is 11.3 Å². The third kappa shape index (κ3) is 3.77. The molecular weight excluding hydrogens is 380 g/mol. The van der Waals surface area contributed by atoms with Gasteiger partial charge in [0.1, 0.15) is 4.83 Å². The van der Waals surface area contributed by atoms with Gasteiger partial charge in [0.15, 0.2) is 0 Å². The van der Waals surface area contributed by atoms with E-state index in [0.717, 1.165) is 16.0 Å². The number of hydrogen-bond acceptors (Lipinski definition) is 5. The predicted molar refractivity (Wildman–Crippen MR) is 110 cm³/mol. The number of aromatic nitrogens is 2. The van der Waals surface area contributed by atoms with Gasteiger partial charge in [-0.15, -0.1) is 11.3 Å². The molecule has 2 aromatic rings. The second-order valence-corrected chi connectivity index (χ2v) is 8.19.